The van der Waals surface area contributed by atoms with Crippen molar-refractivity contribution < 1.29 is 22.7 Å². The number of carbonyl (C=O) groups is 1. The van der Waals surface area contributed by atoms with Crippen molar-refractivity contribution in [2.75, 3.05) is 38.3 Å². The number of amides is 2. The molecule has 1 N–H and O–H groups in total. The number of para-hydroxylation sites is 1. The molecule has 0 bridgehead atoms. The number of nitrogens with one attached hydrogen (secondary N) is 1. The monoisotopic (exact) mass is 541 g/mol. The number of aromatic nitrogens is 3. The quantitative estimate of drug-likeness (QED) is 0.497. The van der Waals surface area contributed by atoms with E-state index in [4.69, 9.17) is 4.74 Å². The molecule has 38 heavy (non-hydrogen) atoms. The lowest BCUT2D eigenvalue weighted by Crippen LogP contribution is -2.60. The molecule has 13 heteroatoms. The molecule has 2 aliphatic heterocycles. The fourth-order valence-electron chi connectivity index (χ4n) is 4.30. The lowest BCUT2D eigenvalue weighted by Gasteiger charge is -2.43. The highest BCUT2D eigenvalue weighted by Crippen LogP contribution is 2.54. The number of halogens is 3. The average molecular weight is 542 g/mol. The van der Waals surface area contributed by atoms with E-state index in [1.165, 1.54) is 31.3 Å². The Kier molecular flexibility index (Phi) is 6.77. The number of morpholine rings is 1. The van der Waals surface area contributed by atoms with Gasteiger partial charge in [-0.1, -0.05) is 60.3 Å². The van der Waals surface area contributed by atoms with E-state index in [1.807, 2.05) is 17.0 Å². The minimum atomic E-state index is -4.90. The molecule has 0 radical (unpaired) electrons. The first-order chi connectivity index (χ1) is 18.3. The van der Waals surface area contributed by atoms with Gasteiger partial charge in [-0.15, -0.1) is 10.2 Å². The van der Waals surface area contributed by atoms with E-state index in [0.29, 0.717) is 49.7 Å². The number of allylic oxidation sites excluding steroid dienone is 1. The standard InChI is InChI=1S/C25H22F3N7O2S/c1-33-21(38-24(25(26,27)28,30-23(33)36)17-8-4-2-5-9-17)19(16-29)20-31-32-22(34-12-14-37-15-13-34)35(20)18-10-6-3-7-11-18/h2-11H,12-15H2,1H3,(H,30,36)/b21-19+. The van der Waals surface area contributed by atoms with Crippen LogP contribution in [-0.2, 0) is 9.61 Å². The zero-order valence-corrected chi connectivity index (χ0v) is 21.0. The van der Waals surface area contributed by atoms with Gasteiger partial charge in [-0.2, -0.15) is 18.4 Å². The van der Waals surface area contributed by atoms with Gasteiger partial charge in [0.25, 0.3) is 0 Å². The number of hydrogen-bond donors (Lipinski definition) is 1. The molecular formula is C25H22F3N7O2S. The molecule has 5 rings (SSSR count). The largest absolute Gasteiger partial charge is 0.425 e. The molecule has 196 valence electrons. The zero-order chi connectivity index (χ0) is 26.9. The van der Waals surface area contributed by atoms with Gasteiger partial charge in [0.1, 0.15) is 16.7 Å². The van der Waals surface area contributed by atoms with Crippen LogP contribution in [0.5, 0.6) is 0 Å². The van der Waals surface area contributed by atoms with Gasteiger partial charge < -0.3 is 15.0 Å². The van der Waals surface area contributed by atoms with Crippen LogP contribution >= 0.6 is 11.8 Å². The molecule has 0 aliphatic carbocycles. The van der Waals surface area contributed by atoms with Crippen LogP contribution in [0.4, 0.5) is 23.9 Å². The summed E-state index contributed by atoms with van der Waals surface area (Å²) in [5.74, 6) is 0.439. The fourth-order valence-corrected chi connectivity index (χ4v) is 5.55. The highest BCUT2D eigenvalue weighted by Gasteiger charge is 2.61. The van der Waals surface area contributed by atoms with Crippen molar-refractivity contribution in [2.24, 2.45) is 0 Å². The maximum absolute atomic E-state index is 14.7. The fraction of sp³-hybridized carbons (Fsp3) is 0.280. The summed E-state index contributed by atoms with van der Waals surface area (Å²) < 4.78 is 51.2. The molecule has 2 aliphatic rings. The molecule has 3 heterocycles. The van der Waals surface area contributed by atoms with Crippen LogP contribution in [0.15, 0.2) is 65.7 Å². The molecule has 1 aromatic heterocycles. The van der Waals surface area contributed by atoms with E-state index in [2.05, 4.69) is 15.5 Å². The van der Waals surface area contributed by atoms with Crippen molar-refractivity contribution in [3.8, 4) is 11.8 Å². The predicted octanol–water partition coefficient (Wildman–Crippen LogP) is 4.10. The normalized spacial score (nSPS) is 21.6. The Hall–Kier alpha value is -4.02. The third-order valence-corrected chi connectivity index (χ3v) is 7.77. The summed E-state index contributed by atoms with van der Waals surface area (Å²) in [6.45, 7) is 1.97. The molecule has 0 saturated carbocycles. The highest BCUT2D eigenvalue weighted by atomic mass is 32.2. The highest BCUT2D eigenvalue weighted by molar-refractivity contribution is 8.04. The molecule has 1 atom stereocenters. The second-order valence-electron chi connectivity index (χ2n) is 8.52. The Morgan fingerprint density at radius 3 is 2.32 bits per heavy atom. The summed E-state index contributed by atoms with van der Waals surface area (Å²) in [5.41, 5.74) is 0.223. The van der Waals surface area contributed by atoms with E-state index in [-0.39, 0.29) is 22.0 Å². The van der Waals surface area contributed by atoms with Crippen LogP contribution in [0, 0.1) is 11.3 Å². The molecule has 2 saturated heterocycles. The van der Waals surface area contributed by atoms with Gasteiger partial charge in [0.05, 0.1) is 18.9 Å². The number of hydrogen-bond acceptors (Lipinski definition) is 7. The van der Waals surface area contributed by atoms with E-state index in [0.717, 1.165) is 4.90 Å². The molecule has 1 unspecified atom stereocenters. The van der Waals surface area contributed by atoms with Crippen molar-refractivity contribution in [3.05, 3.63) is 77.1 Å². The zero-order valence-electron chi connectivity index (χ0n) is 20.1. The van der Waals surface area contributed by atoms with Crippen LogP contribution < -0.4 is 10.2 Å². The number of thioether (sulfide) groups is 1. The number of alkyl halides is 3. The Morgan fingerprint density at radius 2 is 1.71 bits per heavy atom. The third kappa shape index (κ3) is 4.35. The van der Waals surface area contributed by atoms with Crippen molar-refractivity contribution in [2.45, 2.75) is 11.0 Å². The second-order valence-corrected chi connectivity index (χ2v) is 9.73. The van der Waals surface area contributed by atoms with Gasteiger partial charge in [-0.3, -0.25) is 9.47 Å². The molecule has 2 aromatic carbocycles. The van der Waals surface area contributed by atoms with E-state index in [9.17, 15) is 23.2 Å². The maximum Gasteiger partial charge on any atom is 0.425 e. The lowest BCUT2D eigenvalue weighted by atomic mass is 10.1. The first-order valence-electron chi connectivity index (χ1n) is 11.6. The number of urea groups is 1. The van der Waals surface area contributed by atoms with E-state index in [1.54, 1.807) is 34.9 Å². The summed E-state index contributed by atoms with van der Waals surface area (Å²) in [7, 11) is 1.31. The van der Waals surface area contributed by atoms with E-state index >= 15 is 0 Å². The first kappa shape index (κ1) is 25.6. The number of benzene rings is 2. The number of nitrogens with zero attached hydrogens (tertiary/aromatic N) is 6. The number of anilines is 1. The molecule has 3 aromatic rings. The Balaban J connectivity index is 1.72. The van der Waals surface area contributed by atoms with Crippen molar-refractivity contribution >= 4 is 29.3 Å². The van der Waals surface area contributed by atoms with Gasteiger partial charge in [0.15, 0.2) is 5.82 Å². The van der Waals surface area contributed by atoms with Crippen molar-refractivity contribution in [1.29, 1.82) is 5.26 Å². The smallest absolute Gasteiger partial charge is 0.378 e. The Bertz CT molecular complexity index is 1400. The number of ether oxygens (including phenoxy) is 1. The molecule has 2 amide bonds. The second kappa shape index (κ2) is 10.0. The van der Waals surface area contributed by atoms with Gasteiger partial charge in [0.2, 0.25) is 10.8 Å². The summed E-state index contributed by atoms with van der Waals surface area (Å²) in [6.07, 6.45) is -4.90. The summed E-state index contributed by atoms with van der Waals surface area (Å²) in [5, 5.41) is 20.8. The summed E-state index contributed by atoms with van der Waals surface area (Å²) >= 11 is 0.338. The van der Waals surface area contributed by atoms with Crippen LogP contribution in [0.2, 0.25) is 0 Å². The van der Waals surface area contributed by atoms with Crippen LogP contribution in [0.25, 0.3) is 11.3 Å². The maximum atomic E-state index is 14.7. The van der Waals surface area contributed by atoms with Gasteiger partial charge >= 0.3 is 12.2 Å². The van der Waals surface area contributed by atoms with Crippen molar-refractivity contribution in [3.63, 3.8) is 0 Å². The van der Waals surface area contributed by atoms with Gasteiger partial charge in [0, 0.05) is 20.1 Å². The summed E-state index contributed by atoms with van der Waals surface area (Å²) in [6, 6.07) is 17.1. The van der Waals surface area contributed by atoms with Gasteiger partial charge in [-0.25, -0.2) is 4.79 Å². The SMILES string of the molecule is CN1C(=O)NC(c2ccccc2)(C(F)(F)F)S/C1=C(\C#N)c1nnc(N2CCOCC2)n1-c1ccccc1. The lowest BCUT2D eigenvalue weighted by molar-refractivity contribution is -0.168. The summed E-state index contributed by atoms with van der Waals surface area (Å²) in [4.78, 5) is 13.1. The third-order valence-electron chi connectivity index (χ3n) is 6.23. The van der Waals surface area contributed by atoms with Crippen LogP contribution in [-0.4, -0.2) is 65.2 Å². The molecular weight excluding hydrogens is 519 g/mol. The predicted molar refractivity (Wildman–Crippen MR) is 135 cm³/mol. The minimum Gasteiger partial charge on any atom is -0.378 e. The first-order valence-corrected chi connectivity index (χ1v) is 12.4. The topological polar surface area (TPSA) is 99.3 Å². The number of carbonyl (C=O) groups excluding carboxylic acids is 1. The molecule has 9 nitrogen and oxygen atoms in total. The van der Waals surface area contributed by atoms with E-state index < -0.39 is 17.1 Å². The Morgan fingerprint density at radius 1 is 1.08 bits per heavy atom. The number of rotatable bonds is 4. The van der Waals surface area contributed by atoms with Crippen LogP contribution in [0.1, 0.15) is 11.4 Å². The molecule has 0 spiro atoms. The van der Waals surface area contributed by atoms with Crippen molar-refractivity contribution in [1.82, 2.24) is 25.0 Å². The average Bonchev–Trinajstić information content (AvgIpc) is 3.37. The Labute approximate surface area is 220 Å². The minimum absolute atomic E-state index is 0.0216. The van der Waals surface area contributed by atoms with Crippen LogP contribution in [0.3, 0.4) is 0 Å². The van der Waals surface area contributed by atoms with Gasteiger partial charge in [-0.05, 0) is 17.7 Å². The number of nitriles is 1. The molecule has 2 fully saturated rings.